The van der Waals surface area contributed by atoms with E-state index in [0.717, 1.165) is 12.1 Å². The smallest absolute Gasteiger partial charge is 0.126 e. The van der Waals surface area contributed by atoms with Crippen LogP contribution in [0.15, 0.2) is 18.2 Å². The Labute approximate surface area is 81.5 Å². The molecule has 0 aliphatic heterocycles. The molecule has 0 heterocycles. The summed E-state index contributed by atoms with van der Waals surface area (Å²) in [6.45, 7) is 1.83. The molecule has 3 heteroatoms. The van der Waals surface area contributed by atoms with Gasteiger partial charge >= 0.3 is 0 Å². The van der Waals surface area contributed by atoms with Crippen molar-refractivity contribution >= 4 is 11.6 Å². The van der Waals surface area contributed by atoms with E-state index in [2.05, 4.69) is 0 Å². The van der Waals surface area contributed by atoms with Crippen LogP contribution in [0.5, 0.6) is 0 Å². The van der Waals surface area contributed by atoms with Crippen LogP contribution in [0.2, 0.25) is 0 Å². The van der Waals surface area contributed by atoms with Crippen molar-refractivity contribution in [2.24, 2.45) is 0 Å². The third-order valence-corrected chi connectivity index (χ3v) is 2.25. The van der Waals surface area contributed by atoms with Gasteiger partial charge in [0.1, 0.15) is 11.6 Å². The number of rotatable bonds is 3. The molecule has 0 spiro atoms. The Bertz CT molecular complexity index is 286. The molecule has 1 atom stereocenters. The lowest BCUT2D eigenvalue weighted by atomic mass is 9.98. The van der Waals surface area contributed by atoms with Crippen molar-refractivity contribution in [3.63, 3.8) is 0 Å². The standard InChI is InChI=1S/C10H11ClF2/c1-7(4-5-11)9-6-8(12)2-3-10(9)13/h2-3,6-7H,4-5H2,1H3. The number of hydrogen-bond donors (Lipinski definition) is 0. The third kappa shape index (κ3) is 2.66. The highest BCUT2D eigenvalue weighted by Crippen LogP contribution is 2.23. The Morgan fingerprint density at radius 1 is 1.38 bits per heavy atom. The second-order valence-corrected chi connectivity index (χ2v) is 3.42. The Morgan fingerprint density at radius 2 is 2.08 bits per heavy atom. The van der Waals surface area contributed by atoms with Crippen LogP contribution in [0.25, 0.3) is 0 Å². The predicted octanol–water partition coefficient (Wildman–Crippen LogP) is 3.70. The molecule has 0 nitrogen and oxygen atoms in total. The molecule has 0 N–H and O–H groups in total. The summed E-state index contributed by atoms with van der Waals surface area (Å²) >= 11 is 5.52. The summed E-state index contributed by atoms with van der Waals surface area (Å²) in [6, 6.07) is 3.49. The maximum Gasteiger partial charge on any atom is 0.126 e. The van der Waals surface area contributed by atoms with E-state index in [9.17, 15) is 8.78 Å². The van der Waals surface area contributed by atoms with Crippen molar-refractivity contribution < 1.29 is 8.78 Å². The maximum absolute atomic E-state index is 13.1. The van der Waals surface area contributed by atoms with Gasteiger partial charge in [-0.2, -0.15) is 0 Å². The van der Waals surface area contributed by atoms with Crippen LogP contribution in [0.3, 0.4) is 0 Å². The summed E-state index contributed by atoms with van der Waals surface area (Å²) in [7, 11) is 0. The van der Waals surface area contributed by atoms with Gasteiger partial charge in [-0.05, 0) is 36.1 Å². The first-order valence-electron chi connectivity index (χ1n) is 4.16. The molecule has 0 amide bonds. The van der Waals surface area contributed by atoms with Crippen LogP contribution in [-0.2, 0) is 0 Å². The summed E-state index contributed by atoms with van der Waals surface area (Å²) < 4.78 is 25.9. The van der Waals surface area contributed by atoms with E-state index < -0.39 is 5.82 Å². The number of benzene rings is 1. The fraction of sp³-hybridized carbons (Fsp3) is 0.400. The van der Waals surface area contributed by atoms with Crippen molar-refractivity contribution in [2.75, 3.05) is 5.88 Å². The second-order valence-electron chi connectivity index (χ2n) is 3.04. The minimum absolute atomic E-state index is 0.0341. The van der Waals surface area contributed by atoms with Crippen LogP contribution in [0, 0.1) is 11.6 Å². The van der Waals surface area contributed by atoms with E-state index in [1.807, 2.05) is 6.92 Å². The van der Waals surface area contributed by atoms with Crippen molar-refractivity contribution in [3.8, 4) is 0 Å². The average Bonchev–Trinajstić information content (AvgIpc) is 2.09. The Morgan fingerprint density at radius 3 is 2.69 bits per heavy atom. The molecule has 0 aliphatic rings. The Hall–Kier alpha value is -0.630. The first-order valence-corrected chi connectivity index (χ1v) is 4.69. The Balaban J connectivity index is 2.91. The van der Waals surface area contributed by atoms with Gasteiger partial charge < -0.3 is 0 Å². The fourth-order valence-corrected chi connectivity index (χ4v) is 1.54. The topological polar surface area (TPSA) is 0 Å². The molecular formula is C10H11ClF2. The second kappa shape index (κ2) is 4.56. The summed E-state index contributed by atoms with van der Waals surface area (Å²) in [4.78, 5) is 0. The lowest BCUT2D eigenvalue weighted by Gasteiger charge is -2.10. The van der Waals surface area contributed by atoms with Crippen molar-refractivity contribution in [1.29, 1.82) is 0 Å². The quantitative estimate of drug-likeness (QED) is 0.659. The van der Waals surface area contributed by atoms with E-state index in [0.29, 0.717) is 17.9 Å². The molecule has 72 valence electrons. The van der Waals surface area contributed by atoms with Crippen LogP contribution in [0.1, 0.15) is 24.8 Å². The molecule has 0 fully saturated rings. The van der Waals surface area contributed by atoms with Crippen LogP contribution in [0.4, 0.5) is 8.78 Å². The van der Waals surface area contributed by atoms with Crippen LogP contribution < -0.4 is 0 Å². The first-order chi connectivity index (χ1) is 6.15. The molecule has 0 aromatic heterocycles. The van der Waals surface area contributed by atoms with E-state index in [1.165, 1.54) is 6.07 Å². The van der Waals surface area contributed by atoms with Crippen LogP contribution >= 0.6 is 11.6 Å². The van der Waals surface area contributed by atoms with E-state index in [-0.39, 0.29) is 11.7 Å². The maximum atomic E-state index is 13.1. The van der Waals surface area contributed by atoms with Crippen molar-refractivity contribution in [2.45, 2.75) is 19.3 Å². The molecule has 1 aromatic carbocycles. The Kier molecular flexibility index (Phi) is 3.67. The monoisotopic (exact) mass is 204 g/mol. The van der Waals surface area contributed by atoms with Crippen molar-refractivity contribution in [1.82, 2.24) is 0 Å². The lowest BCUT2D eigenvalue weighted by molar-refractivity contribution is 0.564. The van der Waals surface area contributed by atoms with Gasteiger partial charge in [0.25, 0.3) is 0 Å². The minimum Gasteiger partial charge on any atom is -0.207 e. The molecular weight excluding hydrogens is 194 g/mol. The molecule has 0 aliphatic carbocycles. The highest BCUT2D eigenvalue weighted by Gasteiger charge is 2.10. The normalized spacial score (nSPS) is 12.9. The van der Waals surface area contributed by atoms with Gasteiger partial charge in [0.2, 0.25) is 0 Å². The fourth-order valence-electron chi connectivity index (χ4n) is 1.21. The van der Waals surface area contributed by atoms with E-state index >= 15 is 0 Å². The average molecular weight is 205 g/mol. The zero-order chi connectivity index (χ0) is 9.84. The van der Waals surface area contributed by atoms with Crippen LogP contribution in [-0.4, -0.2) is 5.88 Å². The molecule has 0 radical (unpaired) electrons. The van der Waals surface area contributed by atoms with E-state index in [4.69, 9.17) is 11.6 Å². The lowest BCUT2D eigenvalue weighted by Crippen LogP contribution is -1.98. The number of halogens is 3. The third-order valence-electron chi connectivity index (χ3n) is 2.03. The van der Waals surface area contributed by atoms with Gasteiger partial charge in [0, 0.05) is 5.88 Å². The van der Waals surface area contributed by atoms with Gasteiger partial charge in [-0.3, -0.25) is 0 Å². The number of hydrogen-bond acceptors (Lipinski definition) is 0. The molecule has 13 heavy (non-hydrogen) atoms. The highest BCUT2D eigenvalue weighted by molar-refractivity contribution is 6.17. The SMILES string of the molecule is CC(CCCl)c1cc(F)ccc1F. The largest absolute Gasteiger partial charge is 0.207 e. The summed E-state index contributed by atoms with van der Waals surface area (Å²) in [5, 5.41) is 0. The minimum atomic E-state index is -0.405. The van der Waals surface area contributed by atoms with Gasteiger partial charge in [0.15, 0.2) is 0 Å². The molecule has 1 aromatic rings. The summed E-state index contributed by atoms with van der Waals surface area (Å²) in [5.74, 6) is -0.345. The molecule has 1 rings (SSSR count). The van der Waals surface area contributed by atoms with Gasteiger partial charge in [-0.25, -0.2) is 8.78 Å². The zero-order valence-corrected chi connectivity index (χ0v) is 8.11. The van der Waals surface area contributed by atoms with Gasteiger partial charge in [0.05, 0.1) is 0 Å². The number of alkyl halides is 1. The molecule has 0 bridgehead atoms. The predicted molar refractivity (Wildman–Crippen MR) is 50.1 cm³/mol. The highest BCUT2D eigenvalue weighted by atomic mass is 35.5. The summed E-state index contributed by atoms with van der Waals surface area (Å²) in [6.07, 6.45) is 0.655. The first kappa shape index (κ1) is 10.5. The molecule has 1 unspecified atom stereocenters. The van der Waals surface area contributed by atoms with Crippen molar-refractivity contribution in [3.05, 3.63) is 35.4 Å². The van der Waals surface area contributed by atoms with E-state index in [1.54, 1.807) is 0 Å². The van der Waals surface area contributed by atoms with Gasteiger partial charge in [-0.1, -0.05) is 6.92 Å². The molecule has 0 saturated carbocycles. The summed E-state index contributed by atoms with van der Waals surface area (Å²) in [5.41, 5.74) is 0.403. The zero-order valence-electron chi connectivity index (χ0n) is 7.36. The molecule has 0 saturated heterocycles. The van der Waals surface area contributed by atoms with Gasteiger partial charge in [-0.15, -0.1) is 11.6 Å².